The number of ether oxygens (including phenoxy) is 2. The zero-order valence-corrected chi connectivity index (χ0v) is 16.5. The topological polar surface area (TPSA) is 108 Å². The minimum absolute atomic E-state index is 0.0960. The molecule has 0 aliphatic carbocycles. The smallest absolute Gasteiger partial charge is 0.344 e. The molecular formula is C17H13Cl3N2O6. The standard InChI is InChI=1S/C17H13Cl3N2O6/c1-9(17(24)21-16-11(19)6-10(18)7-12(16)20)28-15(23)8-27-14-5-3-2-4-13(14)22(25)26/h2-7,9H,8H2,1H3,(H,21,24). The lowest BCUT2D eigenvalue weighted by molar-refractivity contribution is -0.385. The van der Waals surface area contributed by atoms with Crippen LogP contribution in [0, 0.1) is 10.1 Å². The number of nitro benzene ring substituents is 1. The molecule has 0 saturated heterocycles. The monoisotopic (exact) mass is 446 g/mol. The number of hydrogen-bond donors (Lipinski definition) is 1. The molecule has 0 bridgehead atoms. The Morgan fingerprint density at radius 2 is 1.79 bits per heavy atom. The van der Waals surface area contributed by atoms with Crippen molar-refractivity contribution in [2.45, 2.75) is 13.0 Å². The lowest BCUT2D eigenvalue weighted by atomic mass is 10.3. The Balaban J connectivity index is 1.94. The molecule has 1 atom stereocenters. The summed E-state index contributed by atoms with van der Waals surface area (Å²) in [7, 11) is 0. The number of halogens is 3. The van der Waals surface area contributed by atoms with Crippen molar-refractivity contribution < 1.29 is 24.0 Å². The lowest BCUT2D eigenvalue weighted by Crippen LogP contribution is -2.31. The fourth-order valence-corrected chi connectivity index (χ4v) is 2.95. The predicted molar refractivity (Wildman–Crippen MR) is 104 cm³/mol. The van der Waals surface area contributed by atoms with Crippen molar-refractivity contribution in [2.24, 2.45) is 0 Å². The highest BCUT2D eigenvalue weighted by Gasteiger charge is 2.22. The van der Waals surface area contributed by atoms with Gasteiger partial charge in [0.2, 0.25) is 0 Å². The van der Waals surface area contributed by atoms with E-state index < -0.39 is 29.5 Å². The third kappa shape index (κ3) is 5.72. The Labute approximate surface area is 174 Å². The summed E-state index contributed by atoms with van der Waals surface area (Å²) in [5, 5.41) is 13.9. The van der Waals surface area contributed by atoms with Crippen LogP contribution in [0.2, 0.25) is 15.1 Å². The van der Waals surface area contributed by atoms with Crippen molar-refractivity contribution in [1.82, 2.24) is 0 Å². The Bertz CT molecular complexity index is 899. The van der Waals surface area contributed by atoms with Crippen molar-refractivity contribution in [2.75, 3.05) is 11.9 Å². The molecular weight excluding hydrogens is 435 g/mol. The minimum Gasteiger partial charge on any atom is -0.475 e. The third-order valence-electron chi connectivity index (χ3n) is 3.34. The molecule has 1 N–H and O–H groups in total. The summed E-state index contributed by atoms with van der Waals surface area (Å²) in [6.07, 6.45) is -1.20. The van der Waals surface area contributed by atoms with Crippen LogP contribution >= 0.6 is 34.8 Å². The Kier molecular flexibility index (Phi) is 7.45. The molecule has 8 nitrogen and oxygen atoms in total. The first-order chi connectivity index (χ1) is 13.2. The summed E-state index contributed by atoms with van der Waals surface area (Å²) >= 11 is 17.8. The van der Waals surface area contributed by atoms with Crippen LogP contribution in [0.5, 0.6) is 5.75 Å². The number of rotatable bonds is 7. The van der Waals surface area contributed by atoms with Crippen LogP contribution in [0.3, 0.4) is 0 Å². The van der Waals surface area contributed by atoms with E-state index in [0.717, 1.165) is 0 Å². The molecule has 0 heterocycles. The largest absolute Gasteiger partial charge is 0.475 e. The second kappa shape index (κ2) is 9.59. The van der Waals surface area contributed by atoms with Gasteiger partial charge in [-0.2, -0.15) is 0 Å². The van der Waals surface area contributed by atoms with Gasteiger partial charge >= 0.3 is 11.7 Å². The number of hydrogen-bond acceptors (Lipinski definition) is 6. The maximum Gasteiger partial charge on any atom is 0.344 e. The summed E-state index contributed by atoms with van der Waals surface area (Å²) in [5.41, 5.74) is -0.176. The molecule has 0 saturated carbocycles. The van der Waals surface area contributed by atoms with Gasteiger partial charge in [-0.3, -0.25) is 14.9 Å². The number of anilines is 1. The highest BCUT2D eigenvalue weighted by Crippen LogP contribution is 2.33. The molecule has 1 amide bonds. The van der Waals surface area contributed by atoms with Gasteiger partial charge in [0.25, 0.3) is 5.91 Å². The Morgan fingerprint density at radius 3 is 2.39 bits per heavy atom. The molecule has 0 aliphatic rings. The number of para-hydroxylation sites is 2. The zero-order valence-electron chi connectivity index (χ0n) is 14.3. The van der Waals surface area contributed by atoms with Crippen LogP contribution in [-0.2, 0) is 14.3 Å². The van der Waals surface area contributed by atoms with Crippen LogP contribution in [0.4, 0.5) is 11.4 Å². The first kappa shape index (κ1) is 21.7. The highest BCUT2D eigenvalue weighted by molar-refractivity contribution is 6.42. The second-order valence-corrected chi connectivity index (χ2v) is 6.63. The van der Waals surface area contributed by atoms with E-state index in [1.807, 2.05) is 0 Å². The molecule has 2 aromatic rings. The number of carbonyl (C=O) groups excluding carboxylic acids is 2. The number of esters is 1. The van der Waals surface area contributed by atoms with Crippen LogP contribution in [0.1, 0.15) is 6.92 Å². The maximum absolute atomic E-state index is 12.2. The SMILES string of the molecule is CC(OC(=O)COc1ccccc1[N+](=O)[O-])C(=O)Nc1c(Cl)cc(Cl)cc1Cl. The van der Waals surface area contributed by atoms with Gasteiger partial charge in [-0.1, -0.05) is 46.9 Å². The third-order valence-corrected chi connectivity index (χ3v) is 4.15. The van der Waals surface area contributed by atoms with E-state index in [-0.39, 0.29) is 27.2 Å². The minimum atomic E-state index is -1.20. The predicted octanol–water partition coefficient (Wildman–Crippen LogP) is 4.50. The van der Waals surface area contributed by atoms with Crippen molar-refractivity contribution in [3.63, 3.8) is 0 Å². The number of amides is 1. The van der Waals surface area contributed by atoms with E-state index in [1.54, 1.807) is 0 Å². The van der Waals surface area contributed by atoms with E-state index in [2.05, 4.69) is 5.32 Å². The average Bonchev–Trinajstić information content (AvgIpc) is 2.62. The Hall–Kier alpha value is -2.55. The molecule has 2 aromatic carbocycles. The van der Waals surface area contributed by atoms with E-state index in [9.17, 15) is 19.7 Å². The summed E-state index contributed by atoms with van der Waals surface area (Å²) in [6, 6.07) is 8.33. The molecule has 148 valence electrons. The first-order valence-electron chi connectivity index (χ1n) is 7.70. The Morgan fingerprint density at radius 1 is 1.18 bits per heavy atom. The van der Waals surface area contributed by atoms with Crippen molar-refractivity contribution >= 4 is 58.1 Å². The van der Waals surface area contributed by atoms with E-state index in [0.29, 0.717) is 5.02 Å². The van der Waals surface area contributed by atoms with E-state index >= 15 is 0 Å². The van der Waals surface area contributed by atoms with Gasteiger partial charge < -0.3 is 14.8 Å². The molecule has 2 rings (SSSR count). The summed E-state index contributed by atoms with van der Waals surface area (Å²) < 4.78 is 10.1. The molecule has 0 spiro atoms. The van der Waals surface area contributed by atoms with Crippen molar-refractivity contribution in [3.05, 3.63) is 61.6 Å². The van der Waals surface area contributed by atoms with Crippen LogP contribution in [0.15, 0.2) is 36.4 Å². The number of nitro groups is 1. The molecule has 0 aromatic heterocycles. The van der Waals surface area contributed by atoms with Gasteiger partial charge in [-0.05, 0) is 25.1 Å². The lowest BCUT2D eigenvalue weighted by Gasteiger charge is -2.15. The zero-order chi connectivity index (χ0) is 20.8. The molecule has 0 aliphatic heterocycles. The van der Waals surface area contributed by atoms with Crippen LogP contribution < -0.4 is 10.1 Å². The van der Waals surface area contributed by atoms with E-state index in [1.165, 1.54) is 43.3 Å². The molecule has 1 unspecified atom stereocenters. The van der Waals surface area contributed by atoms with Gasteiger partial charge in [-0.25, -0.2) is 4.79 Å². The maximum atomic E-state index is 12.2. The van der Waals surface area contributed by atoms with Crippen LogP contribution in [-0.4, -0.2) is 29.5 Å². The fourth-order valence-electron chi connectivity index (χ4n) is 2.04. The first-order valence-corrected chi connectivity index (χ1v) is 8.83. The molecule has 0 radical (unpaired) electrons. The van der Waals surface area contributed by atoms with Gasteiger partial charge in [0.05, 0.1) is 20.7 Å². The second-order valence-electron chi connectivity index (χ2n) is 5.38. The van der Waals surface area contributed by atoms with Gasteiger partial charge in [-0.15, -0.1) is 0 Å². The molecule has 28 heavy (non-hydrogen) atoms. The average molecular weight is 448 g/mol. The molecule has 11 heteroatoms. The summed E-state index contributed by atoms with van der Waals surface area (Å²) in [4.78, 5) is 34.3. The van der Waals surface area contributed by atoms with Crippen LogP contribution in [0.25, 0.3) is 0 Å². The fraction of sp³-hybridized carbons (Fsp3) is 0.176. The van der Waals surface area contributed by atoms with Crippen molar-refractivity contribution in [1.29, 1.82) is 0 Å². The number of nitrogens with zero attached hydrogens (tertiary/aromatic N) is 1. The normalized spacial score (nSPS) is 11.4. The summed E-state index contributed by atoms with van der Waals surface area (Å²) in [6.45, 7) is 0.709. The summed E-state index contributed by atoms with van der Waals surface area (Å²) in [5.74, 6) is -1.68. The van der Waals surface area contributed by atoms with E-state index in [4.69, 9.17) is 44.3 Å². The molecule has 0 fully saturated rings. The van der Waals surface area contributed by atoms with Crippen molar-refractivity contribution in [3.8, 4) is 5.75 Å². The quantitative estimate of drug-likeness (QED) is 0.380. The number of nitrogens with one attached hydrogen (secondary N) is 1. The van der Waals surface area contributed by atoms with Gasteiger partial charge in [0.15, 0.2) is 18.5 Å². The van der Waals surface area contributed by atoms with Gasteiger partial charge in [0, 0.05) is 11.1 Å². The highest BCUT2D eigenvalue weighted by atomic mass is 35.5. The van der Waals surface area contributed by atoms with Gasteiger partial charge in [0.1, 0.15) is 0 Å². The number of benzene rings is 2. The number of carbonyl (C=O) groups is 2.